The van der Waals surface area contributed by atoms with Crippen LogP contribution in [0.1, 0.15) is 59.8 Å². The molecule has 0 heterocycles. The Balaban J connectivity index is 2.43. The fourth-order valence-electron chi connectivity index (χ4n) is 2.06. The third-order valence-electron chi connectivity index (χ3n) is 3.15. The maximum absolute atomic E-state index is 12.5. The van der Waals surface area contributed by atoms with Gasteiger partial charge in [0.1, 0.15) is 0 Å². The molecule has 1 aliphatic rings. The summed E-state index contributed by atoms with van der Waals surface area (Å²) in [5, 5.41) is 5.63. The summed E-state index contributed by atoms with van der Waals surface area (Å²) in [5.41, 5.74) is 0. The first-order valence-corrected chi connectivity index (χ1v) is 11.8. The van der Waals surface area contributed by atoms with Crippen molar-refractivity contribution in [3.8, 4) is 0 Å². The van der Waals surface area contributed by atoms with Crippen LogP contribution in [-0.2, 0) is 0 Å². The molecule has 0 aromatic carbocycles. The molecular formula is C15H30N2OSe2. The summed E-state index contributed by atoms with van der Waals surface area (Å²) in [6.45, 7) is 8.98. The minimum absolute atomic E-state index is 0.221. The second-order valence-corrected chi connectivity index (χ2v) is 11.6. The molecule has 1 fully saturated rings. The zero-order valence-corrected chi connectivity index (χ0v) is 16.8. The van der Waals surface area contributed by atoms with E-state index < -0.39 is 0 Å². The third-order valence-corrected chi connectivity index (χ3v) is 10.5. The molecule has 3 nitrogen and oxygen atoms in total. The van der Waals surface area contributed by atoms with E-state index in [1.165, 1.54) is 42.7 Å². The van der Waals surface area contributed by atoms with Gasteiger partial charge in [0, 0.05) is 0 Å². The van der Waals surface area contributed by atoms with Crippen LogP contribution in [0.5, 0.6) is 0 Å². The van der Waals surface area contributed by atoms with Crippen molar-refractivity contribution in [1.29, 1.82) is 0 Å². The summed E-state index contributed by atoms with van der Waals surface area (Å²) in [7, 11) is 0. The Morgan fingerprint density at radius 2 is 1.55 bits per heavy atom. The molecule has 0 saturated heterocycles. The van der Waals surface area contributed by atoms with Crippen molar-refractivity contribution in [1.82, 2.24) is 8.25 Å². The van der Waals surface area contributed by atoms with Crippen LogP contribution in [0, 0.1) is 11.8 Å². The van der Waals surface area contributed by atoms with Crippen LogP contribution in [-0.4, -0.2) is 45.4 Å². The van der Waals surface area contributed by atoms with E-state index in [-0.39, 0.29) is 6.03 Å². The van der Waals surface area contributed by atoms with Gasteiger partial charge < -0.3 is 0 Å². The Hall–Kier alpha value is 0.309. The number of rotatable bonds is 7. The molecule has 20 heavy (non-hydrogen) atoms. The Kier molecular flexibility index (Phi) is 9.28. The second-order valence-electron chi connectivity index (χ2n) is 6.42. The van der Waals surface area contributed by atoms with Crippen LogP contribution in [0.3, 0.4) is 0 Å². The first-order valence-electron chi connectivity index (χ1n) is 7.85. The third kappa shape index (κ3) is 7.92. The summed E-state index contributed by atoms with van der Waals surface area (Å²) in [4.78, 5) is 12.5. The van der Waals surface area contributed by atoms with Crippen LogP contribution in [0.2, 0.25) is 10.6 Å². The quantitative estimate of drug-likeness (QED) is 0.636. The van der Waals surface area contributed by atoms with Gasteiger partial charge in [0.05, 0.1) is 0 Å². The molecule has 0 aromatic rings. The summed E-state index contributed by atoms with van der Waals surface area (Å²) in [6.07, 6.45) is 6.24. The molecule has 0 unspecified atom stereocenters. The SMILES string of the molecule is CC(C)C[Se]N([Se]CC(C)C)C(=O)NC1CCCCC1. The first kappa shape index (κ1) is 18.4. The Bertz CT molecular complexity index is 267. The number of carbonyl (C=O) groups is 1. The van der Waals surface area contributed by atoms with Crippen molar-refractivity contribution in [3.63, 3.8) is 0 Å². The maximum atomic E-state index is 12.5. The van der Waals surface area contributed by atoms with Gasteiger partial charge in [-0.3, -0.25) is 0 Å². The molecule has 1 saturated carbocycles. The van der Waals surface area contributed by atoms with E-state index in [2.05, 4.69) is 35.9 Å². The summed E-state index contributed by atoms with van der Waals surface area (Å²) < 4.78 is 2.16. The number of hydrogen-bond donors (Lipinski definition) is 1. The van der Waals surface area contributed by atoms with E-state index in [9.17, 15) is 4.79 Å². The van der Waals surface area contributed by atoms with E-state index in [1.807, 2.05) is 0 Å². The van der Waals surface area contributed by atoms with Crippen LogP contribution >= 0.6 is 0 Å². The molecule has 2 amide bonds. The van der Waals surface area contributed by atoms with Crippen molar-refractivity contribution in [2.45, 2.75) is 76.5 Å². The molecule has 0 spiro atoms. The van der Waals surface area contributed by atoms with E-state index >= 15 is 0 Å². The van der Waals surface area contributed by atoms with Crippen LogP contribution in [0.4, 0.5) is 4.79 Å². The number of hydrogen-bond acceptors (Lipinski definition) is 1. The van der Waals surface area contributed by atoms with Gasteiger partial charge >= 0.3 is 138 Å². The van der Waals surface area contributed by atoms with Gasteiger partial charge in [0.15, 0.2) is 0 Å². The van der Waals surface area contributed by atoms with Crippen LogP contribution < -0.4 is 5.32 Å². The molecule has 0 bridgehead atoms. The van der Waals surface area contributed by atoms with Crippen molar-refractivity contribution in [2.24, 2.45) is 11.8 Å². The molecule has 1 N–H and O–H groups in total. The predicted molar refractivity (Wildman–Crippen MR) is 88.0 cm³/mol. The molecule has 0 aromatic heterocycles. The number of nitrogens with one attached hydrogen (secondary N) is 1. The van der Waals surface area contributed by atoms with Gasteiger partial charge in [-0.05, 0) is 0 Å². The number of urea groups is 1. The predicted octanol–water partition coefficient (Wildman–Crippen LogP) is 3.72. The fraction of sp³-hybridized carbons (Fsp3) is 0.933. The fourth-order valence-corrected chi connectivity index (χ4v) is 6.89. The molecular weight excluding hydrogens is 382 g/mol. The zero-order valence-electron chi connectivity index (χ0n) is 13.4. The molecule has 0 radical (unpaired) electrons. The zero-order chi connectivity index (χ0) is 15.0. The molecule has 0 aliphatic heterocycles. The Morgan fingerprint density at radius 3 is 2.00 bits per heavy atom. The van der Waals surface area contributed by atoms with E-state index in [1.54, 1.807) is 0 Å². The second kappa shape index (κ2) is 10.1. The Labute approximate surface area is 137 Å². The molecule has 1 aliphatic carbocycles. The van der Waals surface area contributed by atoms with Crippen molar-refractivity contribution in [2.75, 3.05) is 0 Å². The van der Waals surface area contributed by atoms with Crippen molar-refractivity contribution in [3.05, 3.63) is 0 Å². The summed E-state index contributed by atoms with van der Waals surface area (Å²) in [6, 6.07) is 0.654. The molecule has 0 atom stereocenters. The summed E-state index contributed by atoms with van der Waals surface area (Å²) in [5.74, 6) is 1.38. The summed E-state index contributed by atoms with van der Waals surface area (Å²) >= 11 is 0.642. The van der Waals surface area contributed by atoms with Gasteiger partial charge in [-0.25, -0.2) is 0 Å². The van der Waals surface area contributed by atoms with Crippen LogP contribution in [0.25, 0.3) is 0 Å². The van der Waals surface area contributed by atoms with Crippen LogP contribution in [0.15, 0.2) is 0 Å². The topological polar surface area (TPSA) is 32.3 Å². The van der Waals surface area contributed by atoms with E-state index in [0.29, 0.717) is 48.2 Å². The van der Waals surface area contributed by atoms with Gasteiger partial charge in [-0.15, -0.1) is 0 Å². The van der Waals surface area contributed by atoms with Gasteiger partial charge in [-0.1, -0.05) is 0 Å². The standard InChI is InChI=1S/C15H30N2OSe2/c1-12(2)10-19-17(20-11-13(3)4)15(18)16-14-8-6-5-7-9-14/h12-14H,5-11H2,1-4H3,(H,16,18). The van der Waals surface area contributed by atoms with E-state index in [4.69, 9.17) is 0 Å². The molecule has 118 valence electrons. The average molecular weight is 412 g/mol. The van der Waals surface area contributed by atoms with Gasteiger partial charge in [0.2, 0.25) is 0 Å². The van der Waals surface area contributed by atoms with Crippen molar-refractivity contribution < 1.29 is 4.79 Å². The number of carbonyl (C=O) groups excluding carboxylic acids is 1. The monoisotopic (exact) mass is 414 g/mol. The number of nitrogens with zero attached hydrogens (tertiary/aromatic N) is 1. The van der Waals surface area contributed by atoms with E-state index in [0.717, 1.165) is 0 Å². The van der Waals surface area contributed by atoms with Gasteiger partial charge in [-0.2, -0.15) is 0 Å². The minimum atomic E-state index is 0.221. The Morgan fingerprint density at radius 1 is 1.05 bits per heavy atom. The number of amides is 2. The van der Waals surface area contributed by atoms with Crippen molar-refractivity contribution >= 4 is 36.4 Å². The average Bonchev–Trinajstić information content (AvgIpc) is 2.39. The normalized spacial score (nSPS) is 16.7. The first-order chi connectivity index (χ1) is 9.49. The molecule has 1 rings (SSSR count). The van der Waals surface area contributed by atoms with Gasteiger partial charge in [0.25, 0.3) is 0 Å². The molecule has 5 heteroatoms.